The summed E-state index contributed by atoms with van der Waals surface area (Å²) < 4.78 is 19.5. The first-order valence-corrected chi connectivity index (χ1v) is 7.90. The summed E-state index contributed by atoms with van der Waals surface area (Å²) in [6.45, 7) is 4.03. The fourth-order valence-electron chi connectivity index (χ4n) is 2.07. The maximum atomic E-state index is 14.1. The van der Waals surface area contributed by atoms with Gasteiger partial charge in [0, 0.05) is 18.0 Å². The Morgan fingerprint density at radius 2 is 2.17 bits per heavy atom. The first-order chi connectivity index (χ1) is 11.5. The number of rotatable bonds is 7. The molecule has 0 bridgehead atoms. The van der Waals surface area contributed by atoms with E-state index in [9.17, 15) is 9.18 Å². The molecule has 1 aromatic heterocycles. The van der Waals surface area contributed by atoms with Gasteiger partial charge >= 0.3 is 0 Å². The van der Waals surface area contributed by atoms with Gasteiger partial charge in [-0.3, -0.25) is 9.78 Å². The number of carbonyl (C=O) groups is 1. The Labute approximate surface area is 141 Å². The lowest BCUT2D eigenvalue weighted by molar-refractivity contribution is -0.118. The van der Waals surface area contributed by atoms with E-state index in [-0.39, 0.29) is 24.2 Å². The van der Waals surface area contributed by atoms with Gasteiger partial charge in [-0.2, -0.15) is 0 Å². The summed E-state index contributed by atoms with van der Waals surface area (Å²) in [6, 6.07) is 9.07. The Balaban J connectivity index is 1.98. The zero-order chi connectivity index (χ0) is 17.5. The van der Waals surface area contributed by atoms with Crippen LogP contribution in [-0.2, 0) is 11.4 Å². The third kappa shape index (κ3) is 4.76. The molecule has 0 saturated heterocycles. The first-order valence-electron chi connectivity index (χ1n) is 7.90. The molecule has 0 fully saturated rings. The minimum atomic E-state index is -0.627. The van der Waals surface area contributed by atoms with Crippen molar-refractivity contribution < 1.29 is 13.9 Å². The van der Waals surface area contributed by atoms with Crippen molar-refractivity contribution in [3.8, 4) is 5.75 Å². The number of hydrogen-bond acceptors (Lipinski definition) is 4. The second-order valence-electron chi connectivity index (χ2n) is 5.66. The number of halogens is 1. The van der Waals surface area contributed by atoms with Crippen LogP contribution < -0.4 is 15.8 Å². The molecule has 0 spiro atoms. The van der Waals surface area contributed by atoms with Crippen LogP contribution in [0.3, 0.4) is 0 Å². The lowest BCUT2D eigenvalue weighted by Gasteiger charge is -2.18. The fourth-order valence-corrected chi connectivity index (χ4v) is 2.07. The predicted octanol–water partition coefficient (Wildman–Crippen LogP) is 3.11. The van der Waals surface area contributed by atoms with Crippen molar-refractivity contribution in [1.82, 2.24) is 4.98 Å². The summed E-state index contributed by atoms with van der Waals surface area (Å²) in [4.78, 5) is 16.1. The predicted molar refractivity (Wildman–Crippen MR) is 91.0 cm³/mol. The maximum Gasteiger partial charge on any atom is 0.241 e. The molecule has 2 atom stereocenters. The standard InChI is InChI=1S/C18H22FN3O2/c1-3-12(2)17(20)18(23)22-13-7-8-16(15(19)10-13)24-11-14-6-4-5-9-21-14/h4-10,12,17H,3,11,20H2,1-2H3,(H,22,23). The number of amides is 1. The van der Waals surface area contributed by atoms with E-state index in [0.717, 1.165) is 6.42 Å². The fraction of sp³-hybridized carbons (Fsp3) is 0.333. The van der Waals surface area contributed by atoms with Crippen LogP contribution >= 0.6 is 0 Å². The lowest BCUT2D eigenvalue weighted by atomic mass is 9.99. The summed E-state index contributed by atoms with van der Waals surface area (Å²) in [5, 5.41) is 2.63. The molecule has 0 saturated carbocycles. The van der Waals surface area contributed by atoms with Gasteiger partial charge in [0.15, 0.2) is 11.6 Å². The maximum absolute atomic E-state index is 14.1. The van der Waals surface area contributed by atoms with Crippen LogP contribution in [0.5, 0.6) is 5.75 Å². The molecular weight excluding hydrogens is 309 g/mol. The summed E-state index contributed by atoms with van der Waals surface area (Å²) in [6.07, 6.45) is 2.44. The number of carbonyl (C=O) groups excluding carboxylic acids is 1. The number of ether oxygens (including phenoxy) is 1. The van der Waals surface area contributed by atoms with Crippen LogP contribution in [0.25, 0.3) is 0 Å². The molecule has 5 nitrogen and oxygen atoms in total. The zero-order valence-corrected chi connectivity index (χ0v) is 13.8. The van der Waals surface area contributed by atoms with Crippen LogP contribution in [0, 0.1) is 11.7 Å². The highest BCUT2D eigenvalue weighted by atomic mass is 19.1. The van der Waals surface area contributed by atoms with Crippen molar-refractivity contribution in [3.05, 3.63) is 54.1 Å². The van der Waals surface area contributed by atoms with Gasteiger partial charge < -0.3 is 15.8 Å². The molecule has 0 aliphatic carbocycles. The molecule has 0 radical (unpaired) electrons. The highest BCUT2D eigenvalue weighted by molar-refractivity contribution is 5.94. The molecule has 1 amide bonds. The number of nitrogens with zero attached hydrogens (tertiary/aromatic N) is 1. The minimum absolute atomic E-state index is 0.0517. The second-order valence-corrected chi connectivity index (χ2v) is 5.66. The highest BCUT2D eigenvalue weighted by Gasteiger charge is 2.19. The number of aromatic nitrogens is 1. The third-order valence-corrected chi connectivity index (χ3v) is 3.86. The molecule has 2 rings (SSSR count). The number of pyridine rings is 1. The van der Waals surface area contributed by atoms with Gasteiger partial charge in [-0.15, -0.1) is 0 Å². The normalized spacial score (nSPS) is 13.2. The Morgan fingerprint density at radius 1 is 1.38 bits per heavy atom. The van der Waals surface area contributed by atoms with E-state index in [2.05, 4.69) is 10.3 Å². The molecule has 3 N–H and O–H groups in total. The van der Waals surface area contributed by atoms with Crippen molar-refractivity contribution in [2.24, 2.45) is 11.7 Å². The van der Waals surface area contributed by atoms with E-state index < -0.39 is 11.9 Å². The van der Waals surface area contributed by atoms with Gasteiger partial charge in [0.25, 0.3) is 0 Å². The Bertz CT molecular complexity index is 679. The average molecular weight is 331 g/mol. The van der Waals surface area contributed by atoms with Crippen molar-refractivity contribution in [3.63, 3.8) is 0 Å². The highest BCUT2D eigenvalue weighted by Crippen LogP contribution is 2.22. The summed E-state index contributed by atoms with van der Waals surface area (Å²) in [5.74, 6) is -0.729. The third-order valence-electron chi connectivity index (χ3n) is 3.86. The van der Waals surface area contributed by atoms with Crippen molar-refractivity contribution in [2.45, 2.75) is 32.9 Å². The number of hydrogen-bond donors (Lipinski definition) is 2. The Hall–Kier alpha value is -2.47. The van der Waals surface area contributed by atoms with Crippen LogP contribution in [-0.4, -0.2) is 16.9 Å². The Morgan fingerprint density at radius 3 is 2.79 bits per heavy atom. The number of benzene rings is 1. The topological polar surface area (TPSA) is 77.2 Å². The second kappa shape index (κ2) is 8.40. The van der Waals surface area contributed by atoms with Gasteiger partial charge in [0.1, 0.15) is 6.61 Å². The Kier molecular flexibility index (Phi) is 6.26. The largest absolute Gasteiger partial charge is 0.484 e. The van der Waals surface area contributed by atoms with E-state index in [1.54, 1.807) is 24.4 Å². The quantitative estimate of drug-likeness (QED) is 0.817. The van der Waals surface area contributed by atoms with Crippen LogP contribution in [0.2, 0.25) is 0 Å². The molecule has 2 aromatic rings. The molecule has 128 valence electrons. The first kappa shape index (κ1) is 17.9. The molecule has 24 heavy (non-hydrogen) atoms. The van der Waals surface area contributed by atoms with Gasteiger partial charge in [-0.1, -0.05) is 26.3 Å². The monoisotopic (exact) mass is 331 g/mol. The van der Waals surface area contributed by atoms with Crippen molar-refractivity contribution >= 4 is 11.6 Å². The molecule has 2 unspecified atom stereocenters. The minimum Gasteiger partial charge on any atom is -0.484 e. The summed E-state index contributed by atoms with van der Waals surface area (Å²) in [7, 11) is 0. The molecule has 0 aliphatic heterocycles. The molecule has 0 aliphatic rings. The molecule has 1 aromatic carbocycles. The van der Waals surface area contributed by atoms with E-state index in [1.807, 2.05) is 19.9 Å². The van der Waals surface area contributed by atoms with E-state index in [0.29, 0.717) is 11.4 Å². The number of anilines is 1. The van der Waals surface area contributed by atoms with Gasteiger partial charge in [0.05, 0.1) is 11.7 Å². The lowest BCUT2D eigenvalue weighted by Crippen LogP contribution is -2.40. The average Bonchev–Trinajstić information content (AvgIpc) is 2.60. The van der Waals surface area contributed by atoms with Crippen LogP contribution in [0.4, 0.5) is 10.1 Å². The van der Waals surface area contributed by atoms with E-state index in [1.165, 1.54) is 12.1 Å². The summed E-state index contributed by atoms with van der Waals surface area (Å²) >= 11 is 0. The SMILES string of the molecule is CCC(C)C(N)C(=O)Nc1ccc(OCc2ccccn2)c(F)c1. The molecular formula is C18H22FN3O2. The zero-order valence-electron chi connectivity index (χ0n) is 13.8. The van der Waals surface area contributed by atoms with E-state index in [4.69, 9.17) is 10.5 Å². The van der Waals surface area contributed by atoms with E-state index >= 15 is 0 Å². The van der Waals surface area contributed by atoms with Crippen LogP contribution in [0.15, 0.2) is 42.6 Å². The molecule has 1 heterocycles. The number of nitrogens with one attached hydrogen (secondary N) is 1. The molecule has 6 heteroatoms. The smallest absolute Gasteiger partial charge is 0.241 e. The summed E-state index contributed by atoms with van der Waals surface area (Å²) in [5.41, 5.74) is 6.91. The van der Waals surface area contributed by atoms with Gasteiger partial charge in [0.2, 0.25) is 5.91 Å². The van der Waals surface area contributed by atoms with Crippen molar-refractivity contribution in [2.75, 3.05) is 5.32 Å². The van der Waals surface area contributed by atoms with Crippen molar-refractivity contribution in [1.29, 1.82) is 0 Å². The number of nitrogens with two attached hydrogens (primary N) is 1. The van der Waals surface area contributed by atoms with Gasteiger partial charge in [-0.05, 0) is 30.2 Å². The van der Waals surface area contributed by atoms with Crippen LogP contribution in [0.1, 0.15) is 26.0 Å². The van der Waals surface area contributed by atoms with Gasteiger partial charge in [-0.25, -0.2) is 4.39 Å².